The highest BCUT2D eigenvalue weighted by molar-refractivity contribution is 5.37. The molecule has 3 heteroatoms. The minimum atomic E-state index is 0.356. The fraction of sp³-hybridized carbons (Fsp3) is 0.667. The van der Waals surface area contributed by atoms with Gasteiger partial charge >= 0.3 is 0 Å². The quantitative estimate of drug-likeness (QED) is 0.904. The van der Waals surface area contributed by atoms with Gasteiger partial charge in [0.25, 0.3) is 0 Å². The van der Waals surface area contributed by atoms with E-state index in [1.807, 2.05) is 0 Å². The van der Waals surface area contributed by atoms with E-state index in [0.717, 1.165) is 18.7 Å². The maximum absolute atomic E-state index is 6.13. The Bertz CT molecular complexity index is 465. The Morgan fingerprint density at radius 1 is 1.24 bits per heavy atom. The maximum Gasteiger partial charge on any atom is 0.123 e. The third-order valence-electron chi connectivity index (χ3n) is 5.48. The van der Waals surface area contributed by atoms with E-state index in [-0.39, 0.29) is 0 Å². The van der Waals surface area contributed by atoms with Crippen LogP contribution in [0.5, 0.6) is 5.75 Å². The number of hydrogen-bond donors (Lipinski definition) is 1. The van der Waals surface area contributed by atoms with E-state index in [4.69, 9.17) is 4.74 Å². The lowest BCUT2D eigenvalue weighted by Gasteiger charge is -2.46. The number of rotatable bonds is 2. The summed E-state index contributed by atoms with van der Waals surface area (Å²) in [5, 5.41) is 3.62. The van der Waals surface area contributed by atoms with E-state index >= 15 is 0 Å². The minimum Gasteiger partial charge on any atom is -0.488 e. The molecule has 2 saturated heterocycles. The number of likely N-dealkylation sites (tertiary alicyclic amines) is 1. The molecular formula is C18H26N2O. The number of para-hydroxylation sites is 1. The van der Waals surface area contributed by atoms with Crippen molar-refractivity contribution in [2.24, 2.45) is 5.41 Å². The molecule has 4 rings (SSSR count). The molecule has 3 nitrogen and oxygen atoms in total. The van der Waals surface area contributed by atoms with Crippen LogP contribution in [0.3, 0.4) is 0 Å². The van der Waals surface area contributed by atoms with Gasteiger partial charge in [-0.05, 0) is 55.8 Å². The lowest BCUT2D eigenvalue weighted by molar-refractivity contribution is 0.0423. The van der Waals surface area contributed by atoms with Crippen molar-refractivity contribution in [2.75, 3.05) is 32.7 Å². The number of ether oxygens (including phenoxy) is 1. The largest absolute Gasteiger partial charge is 0.488 e. The molecule has 1 aromatic carbocycles. The molecular weight excluding hydrogens is 260 g/mol. The zero-order valence-corrected chi connectivity index (χ0v) is 12.8. The van der Waals surface area contributed by atoms with Crippen molar-refractivity contribution in [1.29, 1.82) is 0 Å². The number of nitrogens with one attached hydrogen (secondary N) is 1. The number of piperidine rings is 2. The van der Waals surface area contributed by atoms with Crippen LogP contribution in [0.15, 0.2) is 24.3 Å². The molecule has 1 spiro atoms. The Labute approximate surface area is 127 Å². The molecule has 3 heterocycles. The Balaban J connectivity index is 1.37. The van der Waals surface area contributed by atoms with Crippen molar-refractivity contribution < 1.29 is 4.74 Å². The van der Waals surface area contributed by atoms with Gasteiger partial charge in [0.1, 0.15) is 11.9 Å². The number of hydrogen-bond acceptors (Lipinski definition) is 3. The molecule has 0 bridgehead atoms. The first-order valence-electron chi connectivity index (χ1n) is 8.51. The van der Waals surface area contributed by atoms with Gasteiger partial charge in [0.2, 0.25) is 0 Å². The second-order valence-electron chi connectivity index (χ2n) is 7.17. The third kappa shape index (κ3) is 2.82. The second-order valence-corrected chi connectivity index (χ2v) is 7.17. The van der Waals surface area contributed by atoms with Crippen LogP contribution in [0, 0.1) is 5.41 Å². The fourth-order valence-corrected chi connectivity index (χ4v) is 4.49. The average Bonchev–Trinajstić information content (AvgIpc) is 2.90. The number of nitrogens with zero attached hydrogens (tertiary/aromatic N) is 1. The summed E-state index contributed by atoms with van der Waals surface area (Å²) in [6.45, 7) is 6.03. The van der Waals surface area contributed by atoms with Crippen molar-refractivity contribution in [3.05, 3.63) is 29.8 Å². The molecule has 2 fully saturated rings. The van der Waals surface area contributed by atoms with Gasteiger partial charge in [-0.25, -0.2) is 0 Å². The smallest absolute Gasteiger partial charge is 0.123 e. The van der Waals surface area contributed by atoms with E-state index in [1.165, 1.54) is 57.4 Å². The van der Waals surface area contributed by atoms with Crippen LogP contribution in [0.2, 0.25) is 0 Å². The topological polar surface area (TPSA) is 24.5 Å². The fourth-order valence-electron chi connectivity index (χ4n) is 4.49. The molecule has 114 valence electrons. The third-order valence-corrected chi connectivity index (χ3v) is 5.48. The van der Waals surface area contributed by atoms with Gasteiger partial charge in [-0.1, -0.05) is 18.2 Å². The monoisotopic (exact) mass is 286 g/mol. The molecule has 0 amide bonds. The lowest BCUT2D eigenvalue weighted by Crippen LogP contribution is -2.52. The Morgan fingerprint density at radius 3 is 3.00 bits per heavy atom. The summed E-state index contributed by atoms with van der Waals surface area (Å²) in [5.74, 6) is 1.11. The SMILES string of the molecule is c1ccc2c(c1)CC(CN1CCCC3(CCCNC3)C1)O2. The average molecular weight is 286 g/mol. The van der Waals surface area contributed by atoms with E-state index in [1.54, 1.807) is 0 Å². The van der Waals surface area contributed by atoms with Gasteiger partial charge < -0.3 is 10.1 Å². The maximum atomic E-state index is 6.13. The highest BCUT2D eigenvalue weighted by atomic mass is 16.5. The molecule has 2 atom stereocenters. The lowest BCUT2D eigenvalue weighted by atomic mass is 9.74. The number of fused-ring (bicyclic) bond motifs is 1. The summed E-state index contributed by atoms with van der Waals surface area (Å²) in [6.07, 6.45) is 6.94. The Hall–Kier alpha value is -1.06. The predicted octanol–water partition coefficient (Wildman–Crippen LogP) is 2.46. The van der Waals surface area contributed by atoms with E-state index in [0.29, 0.717) is 11.5 Å². The second kappa shape index (κ2) is 5.62. The van der Waals surface area contributed by atoms with E-state index in [2.05, 4.69) is 34.5 Å². The van der Waals surface area contributed by atoms with Crippen LogP contribution < -0.4 is 10.1 Å². The Kier molecular flexibility index (Phi) is 3.64. The van der Waals surface area contributed by atoms with Crippen molar-refractivity contribution >= 4 is 0 Å². The standard InChI is InChI=1S/C18H26N2O/c1-2-6-17-15(5-1)11-16(21-17)12-20-10-4-8-18(14-20)7-3-9-19-13-18/h1-2,5-6,16,19H,3-4,7-14H2. The normalized spacial score (nSPS) is 32.9. The first kappa shape index (κ1) is 13.6. The van der Waals surface area contributed by atoms with Gasteiger partial charge in [-0.2, -0.15) is 0 Å². The van der Waals surface area contributed by atoms with Gasteiger partial charge in [0.15, 0.2) is 0 Å². The summed E-state index contributed by atoms with van der Waals surface area (Å²) in [4.78, 5) is 2.66. The molecule has 3 aliphatic rings. The molecule has 2 unspecified atom stereocenters. The van der Waals surface area contributed by atoms with Crippen LogP contribution in [0.4, 0.5) is 0 Å². The van der Waals surface area contributed by atoms with Crippen LogP contribution >= 0.6 is 0 Å². The molecule has 0 aromatic heterocycles. The summed E-state index contributed by atoms with van der Waals surface area (Å²) in [7, 11) is 0. The van der Waals surface area contributed by atoms with Gasteiger partial charge in [-0.3, -0.25) is 4.90 Å². The molecule has 1 N–H and O–H groups in total. The molecule has 21 heavy (non-hydrogen) atoms. The van der Waals surface area contributed by atoms with Crippen LogP contribution in [0.1, 0.15) is 31.2 Å². The summed E-state index contributed by atoms with van der Waals surface area (Å²) in [6, 6.07) is 8.51. The summed E-state index contributed by atoms with van der Waals surface area (Å²) < 4.78 is 6.13. The van der Waals surface area contributed by atoms with Gasteiger partial charge in [0.05, 0.1) is 0 Å². The van der Waals surface area contributed by atoms with Crippen LogP contribution in [-0.4, -0.2) is 43.7 Å². The molecule has 0 aliphatic carbocycles. The van der Waals surface area contributed by atoms with E-state index in [9.17, 15) is 0 Å². The zero-order chi connectivity index (χ0) is 14.1. The van der Waals surface area contributed by atoms with Gasteiger partial charge in [-0.15, -0.1) is 0 Å². The van der Waals surface area contributed by atoms with Crippen LogP contribution in [-0.2, 0) is 6.42 Å². The zero-order valence-electron chi connectivity index (χ0n) is 12.8. The molecule has 0 radical (unpaired) electrons. The number of benzene rings is 1. The minimum absolute atomic E-state index is 0.356. The molecule has 1 aromatic rings. The van der Waals surface area contributed by atoms with Gasteiger partial charge in [0, 0.05) is 26.1 Å². The summed E-state index contributed by atoms with van der Waals surface area (Å²) in [5.41, 5.74) is 1.93. The van der Waals surface area contributed by atoms with Crippen molar-refractivity contribution in [3.8, 4) is 5.75 Å². The highest BCUT2D eigenvalue weighted by Gasteiger charge is 2.37. The van der Waals surface area contributed by atoms with Crippen molar-refractivity contribution in [3.63, 3.8) is 0 Å². The first-order valence-corrected chi connectivity index (χ1v) is 8.51. The van der Waals surface area contributed by atoms with Crippen LogP contribution in [0.25, 0.3) is 0 Å². The van der Waals surface area contributed by atoms with Crippen molar-refractivity contribution in [1.82, 2.24) is 10.2 Å². The summed E-state index contributed by atoms with van der Waals surface area (Å²) >= 11 is 0. The predicted molar refractivity (Wildman–Crippen MR) is 84.8 cm³/mol. The molecule has 0 saturated carbocycles. The highest BCUT2D eigenvalue weighted by Crippen LogP contribution is 2.36. The Morgan fingerprint density at radius 2 is 2.14 bits per heavy atom. The van der Waals surface area contributed by atoms with Crippen molar-refractivity contribution in [2.45, 2.75) is 38.2 Å². The first-order chi connectivity index (χ1) is 10.3. The molecule has 3 aliphatic heterocycles. The van der Waals surface area contributed by atoms with E-state index < -0.39 is 0 Å².